The number of methoxy groups -OCH3 is 1. The molecule has 0 saturated carbocycles. The Hall–Kier alpha value is -0.800. The molecular weight excluding hydrogens is 219 g/mol. The molecule has 0 aromatic heterocycles. The summed E-state index contributed by atoms with van der Waals surface area (Å²) in [6.45, 7) is 3.28. The third-order valence-corrected chi connectivity index (χ3v) is 2.54. The fraction of sp³-hybridized carbons (Fsp3) is 0.455. The molecule has 1 aromatic rings. The molecule has 0 amide bonds. The second-order valence-corrected chi connectivity index (χ2v) is 3.94. The van der Waals surface area contributed by atoms with Crippen molar-refractivity contribution in [2.24, 2.45) is 0 Å². The molecule has 0 aliphatic heterocycles. The molecule has 1 rings (SSSR count). The van der Waals surface area contributed by atoms with Gasteiger partial charge in [-0.25, -0.2) is 4.39 Å². The highest BCUT2D eigenvalue weighted by molar-refractivity contribution is 6.32. The lowest BCUT2D eigenvalue weighted by Gasteiger charge is -2.15. The lowest BCUT2D eigenvalue weighted by atomic mass is 10.0. The van der Waals surface area contributed by atoms with Crippen LogP contribution in [-0.4, -0.2) is 18.3 Å². The highest BCUT2D eigenvalue weighted by atomic mass is 35.5. The molecule has 0 spiro atoms. The third-order valence-electron chi connectivity index (χ3n) is 2.26. The zero-order valence-electron chi connectivity index (χ0n) is 8.97. The molecule has 1 N–H and O–H groups in total. The van der Waals surface area contributed by atoms with Crippen LogP contribution in [0.3, 0.4) is 0 Å². The number of aliphatic hydroxyl groups excluding tert-OH is 1. The van der Waals surface area contributed by atoms with Crippen molar-refractivity contribution >= 4 is 11.6 Å². The van der Waals surface area contributed by atoms with Gasteiger partial charge in [-0.2, -0.15) is 0 Å². The minimum atomic E-state index is -0.560. The highest BCUT2D eigenvalue weighted by Gasteiger charge is 2.16. The van der Waals surface area contributed by atoms with Gasteiger partial charge in [-0.05, 0) is 25.5 Å². The van der Waals surface area contributed by atoms with Crippen LogP contribution in [0.5, 0.6) is 5.75 Å². The Bertz CT molecular complexity index is 364. The fourth-order valence-electron chi connectivity index (χ4n) is 1.51. The maximum atomic E-state index is 13.4. The lowest BCUT2D eigenvalue weighted by molar-refractivity contribution is 0.194. The van der Waals surface area contributed by atoms with Gasteiger partial charge in [0, 0.05) is 12.0 Å². The average molecular weight is 233 g/mol. The molecule has 1 atom stereocenters. The van der Waals surface area contributed by atoms with E-state index >= 15 is 0 Å². The second-order valence-electron chi connectivity index (χ2n) is 3.53. The number of hydrogen-bond acceptors (Lipinski definition) is 2. The summed E-state index contributed by atoms with van der Waals surface area (Å²) in [5, 5.41) is 9.54. The Morgan fingerprint density at radius 2 is 2.20 bits per heavy atom. The van der Waals surface area contributed by atoms with Gasteiger partial charge in [-0.1, -0.05) is 11.6 Å². The van der Waals surface area contributed by atoms with Crippen molar-refractivity contribution in [2.45, 2.75) is 26.4 Å². The Morgan fingerprint density at radius 1 is 1.60 bits per heavy atom. The molecule has 0 heterocycles. The van der Waals surface area contributed by atoms with Crippen LogP contribution in [0.25, 0.3) is 0 Å². The largest absolute Gasteiger partial charge is 0.495 e. The maximum absolute atomic E-state index is 13.4. The van der Waals surface area contributed by atoms with Gasteiger partial charge in [-0.15, -0.1) is 0 Å². The van der Waals surface area contributed by atoms with E-state index in [0.29, 0.717) is 23.3 Å². The van der Waals surface area contributed by atoms with Crippen molar-refractivity contribution in [1.29, 1.82) is 0 Å². The van der Waals surface area contributed by atoms with E-state index in [1.54, 1.807) is 13.8 Å². The van der Waals surface area contributed by atoms with E-state index in [9.17, 15) is 9.50 Å². The Kier molecular flexibility index (Phi) is 3.94. The zero-order chi connectivity index (χ0) is 11.6. The number of benzene rings is 1. The van der Waals surface area contributed by atoms with E-state index in [1.165, 1.54) is 13.2 Å². The van der Waals surface area contributed by atoms with Crippen molar-refractivity contribution in [3.63, 3.8) is 0 Å². The average Bonchev–Trinajstić information content (AvgIpc) is 2.13. The lowest BCUT2D eigenvalue weighted by Crippen LogP contribution is -2.08. The van der Waals surface area contributed by atoms with Gasteiger partial charge in [0.25, 0.3) is 0 Å². The summed E-state index contributed by atoms with van der Waals surface area (Å²) >= 11 is 5.84. The summed E-state index contributed by atoms with van der Waals surface area (Å²) in [6, 6.07) is 1.22. The first-order valence-corrected chi connectivity index (χ1v) is 5.04. The summed E-state index contributed by atoms with van der Waals surface area (Å²) < 4.78 is 18.5. The molecule has 0 aliphatic carbocycles. The Labute approximate surface area is 93.6 Å². The Balaban J connectivity index is 3.30. The summed E-state index contributed by atoms with van der Waals surface area (Å²) in [4.78, 5) is 0. The van der Waals surface area contributed by atoms with Crippen LogP contribution < -0.4 is 4.74 Å². The molecule has 1 unspecified atom stereocenters. The fourth-order valence-corrected chi connectivity index (χ4v) is 1.79. The van der Waals surface area contributed by atoms with Crippen LogP contribution in [0.15, 0.2) is 6.07 Å². The van der Waals surface area contributed by atoms with Crippen molar-refractivity contribution in [2.75, 3.05) is 7.11 Å². The van der Waals surface area contributed by atoms with Crippen LogP contribution in [-0.2, 0) is 6.42 Å². The zero-order valence-corrected chi connectivity index (χ0v) is 9.73. The van der Waals surface area contributed by atoms with Gasteiger partial charge < -0.3 is 9.84 Å². The molecule has 4 heteroatoms. The highest BCUT2D eigenvalue weighted by Crippen LogP contribution is 2.33. The molecule has 0 radical (unpaired) electrons. The SMILES string of the molecule is COc1c(Cl)cc(F)c(C)c1CC(C)O. The molecule has 15 heavy (non-hydrogen) atoms. The number of ether oxygens (including phenoxy) is 1. The van der Waals surface area contributed by atoms with Gasteiger partial charge >= 0.3 is 0 Å². The van der Waals surface area contributed by atoms with Crippen molar-refractivity contribution in [1.82, 2.24) is 0 Å². The van der Waals surface area contributed by atoms with E-state index < -0.39 is 6.10 Å². The molecule has 1 aromatic carbocycles. The predicted molar refractivity (Wildman–Crippen MR) is 58.1 cm³/mol. The number of halogens is 2. The summed E-state index contributed by atoms with van der Waals surface area (Å²) in [6.07, 6.45) is -0.234. The summed E-state index contributed by atoms with van der Waals surface area (Å²) in [5.41, 5.74) is 1.09. The number of hydrogen-bond donors (Lipinski definition) is 1. The Morgan fingerprint density at radius 3 is 2.67 bits per heavy atom. The maximum Gasteiger partial charge on any atom is 0.141 e. The van der Waals surface area contributed by atoms with E-state index in [0.717, 1.165) is 0 Å². The summed E-state index contributed by atoms with van der Waals surface area (Å²) in [7, 11) is 1.48. The van der Waals surface area contributed by atoms with Crippen LogP contribution in [0, 0.1) is 12.7 Å². The standard InChI is InChI=1S/C11H14ClFO2/c1-6(14)4-8-7(2)10(13)5-9(12)11(8)15-3/h5-6,14H,4H2,1-3H3. The molecular formula is C11H14ClFO2. The number of aliphatic hydroxyl groups is 1. The van der Waals surface area contributed by atoms with Gasteiger partial charge in [0.15, 0.2) is 0 Å². The smallest absolute Gasteiger partial charge is 0.141 e. The van der Waals surface area contributed by atoms with Crippen LogP contribution in [0.1, 0.15) is 18.1 Å². The molecule has 0 aliphatic rings. The van der Waals surface area contributed by atoms with Crippen molar-refractivity contribution < 1.29 is 14.2 Å². The molecule has 2 nitrogen and oxygen atoms in total. The van der Waals surface area contributed by atoms with Crippen LogP contribution >= 0.6 is 11.6 Å². The first kappa shape index (κ1) is 12.3. The van der Waals surface area contributed by atoms with E-state index in [-0.39, 0.29) is 10.8 Å². The first-order chi connectivity index (χ1) is 6.97. The number of rotatable bonds is 3. The quantitative estimate of drug-likeness (QED) is 0.869. The molecule has 84 valence electrons. The van der Waals surface area contributed by atoms with Crippen LogP contribution in [0.2, 0.25) is 5.02 Å². The minimum Gasteiger partial charge on any atom is -0.495 e. The van der Waals surface area contributed by atoms with E-state index in [2.05, 4.69) is 0 Å². The normalized spacial score (nSPS) is 12.7. The van der Waals surface area contributed by atoms with Crippen molar-refractivity contribution in [3.05, 3.63) is 28.0 Å². The van der Waals surface area contributed by atoms with Crippen LogP contribution in [0.4, 0.5) is 4.39 Å². The summed E-state index contributed by atoms with van der Waals surface area (Å²) in [5.74, 6) is 0.0629. The molecule has 0 bridgehead atoms. The first-order valence-electron chi connectivity index (χ1n) is 4.67. The molecule has 0 fully saturated rings. The minimum absolute atomic E-state index is 0.233. The van der Waals surface area contributed by atoms with E-state index in [4.69, 9.17) is 16.3 Å². The van der Waals surface area contributed by atoms with Gasteiger partial charge in [0.2, 0.25) is 0 Å². The van der Waals surface area contributed by atoms with Gasteiger partial charge in [0.1, 0.15) is 11.6 Å². The second kappa shape index (κ2) is 4.81. The van der Waals surface area contributed by atoms with Crippen molar-refractivity contribution in [3.8, 4) is 5.75 Å². The monoisotopic (exact) mass is 232 g/mol. The van der Waals surface area contributed by atoms with Gasteiger partial charge in [-0.3, -0.25) is 0 Å². The molecule has 0 saturated heterocycles. The third kappa shape index (κ3) is 2.61. The topological polar surface area (TPSA) is 29.5 Å². The van der Waals surface area contributed by atoms with Gasteiger partial charge in [0.05, 0.1) is 18.2 Å². The van der Waals surface area contributed by atoms with E-state index in [1.807, 2.05) is 0 Å². The predicted octanol–water partition coefficient (Wildman–Crippen LogP) is 2.72.